The minimum Gasteiger partial charge on any atom is -0.481 e. The van der Waals surface area contributed by atoms with Gasteiger partial charge in [0.1, 0.15) is 6.10 Å². The van der Waals surface area contributed by atoms with Crippen LogP contribution in [0.15, 0.2) is 11.6 Å². The highest BCUT2D eigenvalue weighted by Crippen LogP contribution is 2.75. The van der Waals surface area contributed by atoms with E-state index in [0.29, 0.717) is 18.3 Å². The third-order valence-electron chi connectivity index (χ3n) is 13.4. The summed E-state index contributed by atoms with van der Waals surface area (Å²) in [6, 6.07) is 0. The van der Waals surface area contributed by atoms with Gasteiger partial charge >= 0.3 is 17.9 Å². The largest absolute Gasteiger partial charge is 0.481 e. The number of carboxylic acids is 2. The van der Waals surface area contributed by atoms with Gasteiger partial charge < -0.3 is 14.9 Å². The first kappa shape index (κ1) is 27.7. The van der Waals surface area contributed by atoms with Crippen LogP contribution in [0.5, 0.6) is 0 Å². The van der Waals surface area contributed by atoms with E-state index in [1.807, 2.05) is 0 Å². The molecule has 0 saturated heterocycles. The van der Waals surface area contributed by atoms with Crippen LogP contribution in [0.2, 0.25) is 0 Å². The van der Waals surface area contributed by atoms with Gasteiger partial charge in [0.25, 0.3) is 0 Å². The van der Waals surface area contributed by atoms with Crippen LogP contribution in [0.3, 0.4) is 0 Å². The fourth-order valence-electron chi connectivity index (χ4n) is 11.0. The van der Waals surface area contributed by atoms with E-state index < -0.39 is 29.4 Å². The summed E-state index contributed by atoms with van der Waals surface area (Å²) in [5.74, 6) is -2.39. The minimum atomic E-state index is -1.52. The second kappa shape index (κ2) is 8.33. The Labute approximate surface area is 228 Å². The smallest absolute Gasteiger partial charge is 0.417 e. The maximum absolute atomic E-state index is 12.8. The quantitative estimate of drug-likeness (QED) is 0.230. The molecule has 0 bridgehead atoms. The zero-order chi connectivity index (χ0) is 28.1. The van der Waals surface area contributed by atoms with Crippen LogP contribution in [0.25, 0.3) is 0 Å². The summed E-state index contributed by atoms with van der Waals surface area (Å²) < 4.78 is 5.54. The van der Waals surface area contributed by atoms with Crippen molar-refractivity contribution in [1.82, 2.24) is 0 Å². The van der Waals surface area contributed by atoms with Gasteiger partial charge in [-0.15, -0.1) is 0 Å². The van der Waals surface area contributed by atoms with Gasteiger partial charge in [0.05, 0.1) is 5.41 Å². The lowest BCUT2D eigenvalue weighted by Crippen LogP contribution is -2.65. The van der Waals surface area contributed by atoms with Crippen LogP contribution in [-0.4, -0.2) is 34.2 Å². The first-order valence-corrected chi connectivity index (χ1v) is 14.8. The summed E-state index contributed by atoms with van der Waals surface area (Å²) in [5.41, 5.74) is 0.721. The Morgan fingerprint density at radius 1 is 0.842 bits per heavy atom. The zero-order valence-electron chi connectivity index (χ0n) is 24.5. The van der Waals surface area contributed by atoms with E-state index >= 15 is 0 Å². The third-order valence-corrected chi connectivity index (χ3v) is 13.4. The fourth-order valence-corrected chi connectivity index (χ4v) is 11.0. The number of hydrogen-bond acceptors (Lipinski definition) is 4. The van der Waals surface area contributed by atoms with E-state index in [-0.39, 0.29) is 33.0 Å². The highest BCUT2D eigenvalue weighted by molar-refractivity contribution is 6.28. The SMILES string of the molecule is CC1(C)CC[C@]2(C(=O)O)CC[C@]3(C)C(=CC[C@@H]4[C@@]5(C)CC[C@H](OC(=O)C(=O)O)C(C)(C)[C@@H]5CC[C@]43C)[C@@H]2C1. The predicted molar refractivity (Wildman–Crippen MR) is 144 cm³/mol. The molecule has 5 aliphatic carbocycles. The highest BCUT2D eigenvalue weighted by Gasteiger charge is 2.69. The summed E-state index contributed by atoms with van der Waals surface area (Å²) in [7, 11) is 0. The maximum atomic E-state index is 12.8. The van der Waals surface area contributed by atoms with Gasteiger partial charge in [-0.3, -0.25) is 4.79 Å². The molecule has 0 spiro atoms. The van der Waals surface area contributed by atoms with E-state index in [9.17, 15) is 19.5 Å². The number of carboxylic acid groups (broad SMARTS) is 2. The monoisotopic (exact) mass is 528 g/mol. The van der Waals surface area contributed by atoms with Crippen LogP contribution in [0.4, 0.5) is 0 Å². The van der Waals surface area contributed by atoms with Crippen LogP contribution in [0.1, 0.15) is 113 Å². The molecule has 0 aromatic heterocycles. The van der Waals surface area contributed by atoms with Gasteiger partial charge in [-0.05, 0) is 104 Å². The number of aliphatic carboxylic acids is 2. The molecular weight excluding hydrogens is 480 g/mol. The number of fused-ring (bicyclic) bond motifs is 7. The Bertz CT molecular complexity index is 1090. The number of carbonyl (C=O) groups excluding carboxylic acids is 1. The molecule has 2 N–H and O–H groups in total. The van der Waals surface area contributed by atoms with Crippen molar-refractivity contribution in [2.45, 2.75) is 119 Å². The Balaban J connectivity index is 1.52. The molecule has 4 fully saturated rings. The predicted octanol–water partition coefficient (Wildman–Crippen LogP) is 6.87. The van der Waals surface area contributed by atoms with E-state index in [2.05, 4.69) is 54.5 Å². The van der Waals surface area contributed by atoms with Crippen molar-refractivity contribution >= 4 is 17.9 Å². The van der Waals surface area contributed by atoms with Crippen LogP contribution < -0.4 is 0 Å². The summed E-state index contributed by atoms with van der Waals surface area (Å²) >= 11 is 0. The van der Waals surface area contributed by atoms with E-state index in [1.54, 1.807) is 0 Å². The van der Waals surface area contributed by atoms with E-state index in [4.69, 9.17) is 9.84 Å². The van der Waals surface area contributed by atoms with Gasteiger partial charge in [-0.1, -0.05) is 60.1 Å². The molecule has 0 amide bonds. The standard InChI is InChI=1S/C32H48O6/c1-27(2)14-16-32(26(36)37)17-15-30(6)19(20(32)18-27)8-9-22-29(5)12-11-23(38-25(35)24(33)34)28(3,4)21(29)10-13-31(22,30)7/h8,20-23H,9-18H2,1-7H3,(H,33,34)(H,36,37)/t20-,21-,22+,23-,29-,30+,31+,32-/m0/s1. The van der Waals surface area contributed by atoms with Crippen LogP contribution in [0, 0.1) is 50.2 Å². The number of hydrogen-bond donors (Lipinski definition) is 2. The number of rotatable bonds is 2. The molecule has 5 aliphatic rings. The van der Waals surface area contributed by atoms with Crippen molar-refractivity contribution in [1.29, 1.82) is 0 Å². The number of carbonyl (C=O) groups is 3. The van der Waals surface area contributed by atoms with Gasteiger partial charge in [0.15, 0.2) is 0 Å². The molecule has 0 radical (unpaired) electrons. The number of ether oxygens (including phenoxy) is 1. The molecule has 0 heterocycles. The van der Waals surface area contributed by atoms with Gasteiger partial charge in [0.2, 0.25) is 0 Å². The molecule has 0 unspecified atom stereocenters. The normalized spacial score (nSPS) is 46.8. The average molecular weight is 529 g/mol. The molecule has 5 rings (SSSR count). The number of allylic oxidation sites excluding steroid dienone is 2. The van der Waals surface area contributed by atoms with Crippen molar-refractivity contribution in [3.8, 4) is 0 Å². The molecule has 4 saturated carbocycles. The van der Waals surface area contributed by atoms with Crippen LogP contribution in [-0.2, 0) is 19.1 Å². The summed E-state index contributed by atoms with van der Waals surface area (Å²) in [6.45, 7) is 16.3. The van der Waals surface area contributed by atoms with Gasteiger partial charge in [-0.2, -0.15) is 0 Å². The third kappa shape index (κ3) is 3.53. The Kier molecular flexibility index (Phi) is 6.07. The lowest BCUT2D eigenvalue weighted by molar-refractivity contribution is -0.215. The topological polar surface area (TPSA) is 101 Å². The number of esters is 1. The fraction of sp³-hybridized carbons (Fsp3) is 0.844. The first-order chi connectivity index (χ1) is 17.4. The van der Waals surface area contributed by atoms with Gasteiger partial charge in [0, 0.05) is 5.41 Å². The van der Waals surface area contributed by atoms with Crippen molar-refractivity contribution in [3.05, 3.63) is 11.6 Å². The van der Waals surface area contributed by atoms with Crippen LogP contribution >= 0.6 is 0 Å². The highest BCUT2D eigenvalue weighted by atomic mass is 16.6. The second-order valence-corrected chi connectivity index (χ2v) is 15.7. The van der Waals surface area contributed by atoms with Gasteiger partial charge in [-0.25, -0.2) is 9.59 Å². The average Bonchev–Trinajstić information content (AvgIpc) is 2.80. The summed E-state index contributed by atoms with van der Waals surface area (Å²) in [5, 5.41) is 19.7. The molecule has 212 valence electrons. The lowest BCUT2D eigenvalue weighted by Gasteiger charge is -2.71. The Morgan fingerprint density at radius 3 is 2.13 bits per heavy atom. The van der Waals surface area contributed by atoms with E-state index in [0.717, 1.165) is 57.8 Å². The molecule has 0 aromatic rings. The van der Waals surface area contributed by atoms with Crippen molar-refractivity contribution in [2.24, 2.45) is 50.2 Å². The molecule has 8 atom stereocenters. The molecule has 6 heteroatoms. The molecule has 0 aliphatic heterocycles. The maximum Gasteiger partial charge on any atom is 0.417 e. The van der Waals surface area contributed by atoms with Crippen molar-refractivity contribution < 1.29 is 29.3 Å². The molecule has 0 aromatic carbocycles. The lowest BCUT2D eigenvalue weighted by atomic mass is 9.33. The van der Waals surface area contributed by atoms with Crippen molar-refractivity contribution in [2.75, 3.05) is 0 Å². The molecule has 6 nitrogen and oxygen atoms in total. The molecule has 38 heavy (non-hydrogen) atoms. The summed E-state index contributed by atoms with van der Waals surface area (Å²) in [6.07, 6.45) is 11.1. The Morgan fingerprint density at radius 2 is 1.50 bits per heavy atom. The zero-order valence-corrected chi connectivity index (χ0v) is 24.5. The minimum absolute atomic E-state index is 0.0301. The molecular formula is C32H48O6. The first-order valence-electron chi connectivity index (χ1n) is 14.8. The van der Waals surface area contributed by atoms with E-state index in [1.165, 1.54) is 5.57 Å². The van der Waals surface area contributed by atoms with Crippen molar-refractivity contribution in [3.63, 3.8) is 0 Å². The Hall–Kier alpha value is -1.85. The second-order valence-electron chi connectivity index (χ2n) is 15.7. The summed E-state index contributed by atoms with van der Waals surface area (Å²) in [4.78, 5) is 36.0.